The highest BCUT2D eigenvalue weighted by Gasteiger charge is 2.32. The minimum absolute atomic E-state index is 0.0258. The van der Waals surface area contributed by atoms with Gasteiger partial charge in [0.25, 0.3) is 0 Å². The van der Waals surface area contributed by atoms with E-state index in [1.54, 1.807) is 7.11 Å². The molecule has 1 heterocycles. The molecule has 108 valence electrons. The predicted octanol–water partition coefficient (Wildman–Crippen LogP) is 1.89. The summed E-state index contributed by atoms with van der Waals surface area (Å²) in [4.78, 5) is 13.9. The summed E-state index contributed by atoms with van der Waals surface area (Å²) >= 11 is 0. The fraction of sp³-hybridized carbons (Fsp3) is 0.562. The number of hydrogen-bond donors (Lipinski definition) is 1. The molecule has 1 aromatic rings. The van der Waals surface area contributed by atoms with E-state index in [1.165, 1.54) is 17.5 Å². The summed E-state index contributed by atoms with van der Waals surface area (Å²) in [5.41, 5.74) is 2.69. The van der Waals surface area contributed by atoms with Crippen molar-refractivity contribution in [2.75, 3.05) is 20.7 Å². The van der Waals surface area contributed by atoms with Crippen molar-refractivity contribution in [2.45, 2.75) is 37.8 Å². The maximum absolute atomic E-state index is 12.1. The standard InChI is InChI=1S/C16H22N2O2/c1-18-9-8-15(16(18)19)17-14-5-3-4-11-6-7-12(20-2)10-13(11)14/h6-7,10,14-15,17H,3-5,8-9H2,1-2H3. The number of likely N-dealkylation sites (tertiary alicyclic amines) is 1. The molecular formula is C16H22N2O2. The van der Waals surface area contributed by atoms with E-state index in [0.717, 1.165) is 31.6 Å². The van der Waals surface area contributed by atoms with Crippen LogP contribution in [0.1, 0.15) is 36.4 Å². The predicted molar refractivity (Wildman–Crippen MR) is 77.9 cm³/mol. The van der Waals surface area contributed by atoms with Gasteiger partial charge in [0, 0.05) is 19.6 Å². The van der Waals surface area contributed by atoms with Gasteiger partial charge in [-0.3, -0.25) is 10.1 Å². The number of amides is 1. The Morgan fingerprint density at radius 2 is 2.15 bits per heavy atom. The van der Waals surface area contributed by atoms with Crippen LogP contribution in [0, 0.1) is 0 Å². The molecule has 0 saturated carbocycles. The molecule has 1 amide bonds. The Kier molecular flexibility index (Phi) is 3.66. The maximum Gasteiger partial charge on any atom is 0.239 e. The smallest absolute Gasteiger partial charge is 0.239 e. The van der Waals surface area contributed by atoms with Crippen molar-refractivity contribution in [1.82, 2.24) is 10.2 Å². The molecular weight excluding hydrogens is 252 g/mol. The summed E-state index contributed by atoms with van der Waals surface area (Å²) in [6, 6.07) is 6.55. The van der Waals surface area contributed by atoms with Crippen molar-refractivity contribution in [3.05, 3.63) is 29.3 Å². The first kappa shape index (κ1) is 13.4. The topological polar surface area (TPSA) is 41.6 Å². The number of nitrogens with one attached hydrogen (secondary N) is 1. The minimum atomic E-state index is -0.0258. The molecule has 4 heteroatoms. The van der Waals surface area contributed by atoms with Crippen LogP contribution in [0.15, 0.2) is 18.2 Å². The number of likely N-dealkylation sites (N-methyl/N-ethyl adjacent to an activating group) is 1. The van der Waals surface area contributed by atoms with Gasteiger partial charge < -0.3 is 9.64 Å². The Hall–Kier alpha value is -1.55. The fourth-order valence-electron chi connectivity index (χ4n) is 3.30. The Labute approximate surface area is 120 Å². The maximum atomic E-state index is 12.1. The average Bonchev–Trinajstić information content (AvgIpc) is 2.79. The number of aryl methyl sites for hydroxylation is 1. The molecule has 0 radical (unpaired) electrons. The number of fused-ring (bicyclic) bond motifs is 1. The lowest BCUT2D eigenvalue weighted by Crippen LogP contribution is -2.40. The van der Waals surface area contributed by atoms with E-state index >= 15 is 0 Å². The zero-order valence-electron chi connectivity index (χ0n) is 12.2. The lowest BCUT2D eigenvalue weighted by atomic mass is 9.87. The van der Waals surface area contributed by atoms with Gasteiger partial charge in [0.15, 0.2) is 0 Å². The molecule has 2 unspecified atom stereocenters. The van der Waals surface area contributed by atoms with E-state index in [4.69, 9.17) is 4.74 Å². The van der Waals surface area contributed by atoms with E-state index in [1.807, 2.05) is 18.0 Å². The SMILES string of the molecule is COc1ccc2c(c1)C(NC1CCN(C)C1=O)CCC2. The summed E-state index contributed by atoms with van der Waals surface area (Å²) in [6.07, 6.45) is 4.29. The fourth-order valence-corrected chi connectivity index (χ4v) is 3.30. The third-order valence-corrected chi connectivity index (χ3v) is 4.50. The van der Waals surface area contributed by atoms with Gasteiger partial charge in [0.1, 0.15) is 5.75 Å². The summed E-state index contributed by atoms with van der Waals surface area (Å²) in [5, 5.41) is 3.56. The molecule has 4 nitrogen and oxygen atoms in total. The van der Waals surface area contributed by atoms with Crippen molar-refractivity contribution in [2.24, 2.45) is 0 Å². The van der Waals surface area contributed by atoms with E-state index in [2.05, 4.69) is 17.4 Å². The molecule has 1 fully saturated rings. The van der Waals surface area contributed by atoms with Crippen LogP contribution in [-0.2, 0) is 11.2 Å². The van der Waals surface area contributed by atoms with E-state index in [0.29, 0.717) is 0 Å². The Morgan fingerprint density at radius 1 is 1.30 bits per heavy atom. The van der Waals surface area contributed by atoms with Crippen LogP contribution in [0.4, 0.5) is 0 Å². The van der Waals surface area contributed by atoms with Crippen LogP contribution in [-0.4, -0.2) is 37.6 Å². The molecule has 1 saturated heterocycles. The first-order valence-corrected chi connectivity index (χ1v) is 7.37. The number of hydrogen-bond acceptors (Lipinski definition) is 3. The number of methoxy groups -OCH3 is 1. The largest absolute Gasteiger partial charge is 0.497 e. The number of nitrogens with zero attached hydrogens (tertiary/aromatic N) is 1. The van der Waals surface area contributed by atoms with Crippen molar-refractivity contribution >= 4 is 5.91 Å². The van der Waals surface area contributed by atoms with Gasteiger partial charge in [-0.1, -0.05) is 6.07 Å². The van der Waals surface area contributed by atoms with E-state index < -0.39 is 0 Å². The summed E-state index contributed by atoms with van der Waals surface area (Å²) in [6.45, 7) is 0.855. The van der Waals surface area contributed by atoms with E-state index in [-0.39, 0.29) is 18.0 Å². The number of carbonyl (C=O) groups excluding carboxylic acids is 1. The second kappa shape index (κ2) is 5.44. The molecule has 20 heavy (non-hydrogen) atoms. The number of ether oxygens (including phenoxy) is 1. The highest BCUT2D eigenvalue weighted by atomic mass is 16.5. The molecule has 0 spiro atoms. The van der Waals surface area contributed by atoms with Gasteiger partial charge in [-0.15, -0.1) is 0 Å². The summed E-state index contributed by atoms with van der Waals surface area (Å²) in [5.74, 6) is 1.12. The summed E-state index contributed by atoms with van der Waals surface area (Å²) < 4.78 is 5.33. The van der Waals surface area contributed by atoms with Gasteiger partial charge in [0.05, 0.1) is 13.2 Å². The molecule has 2 atom stereocenters. The highest BCUT2D eigenvalue weighted by Crippen LogP contribution is 2.33. The lowest BCUT2D eigenvalue weighted by molar-refractivity contribution is -0.128. The normalized spacial score (nSPS) is 25.7. The average molecular weight is 274 g/mol. The number of carbonyl (C=O) groups is 1. The minimum Gasteiger partial charge on any atom is -0.497 e. The van der Waals surface area contributed by atoms with Gasteiger partial charge in [0.2, 0.25) is 5.91 Å². The Morgan fingerprint density at radius 3 is 2.85 bits per heavy atom. The zero-order chi connectivity index (χ0) is 14.1. The second-order valence-corrected chi connectivity index (χ2v) is 5.78. The molecule has 1 aliphatic heterocycles. The van der Waals surface area contributed by atoms with E-state index in [9.17, 15) is 4.79 Å². The van der Waals surface area contributed by atoms with Gasteiger partial charge in [-0.2, -0.15) is 0 Å². The quantitative estimate of drug-likeness (QED) is 0.915. The van der Waals surface area contributed by atoms with Gasteiger partial charge >= 0.3 is 0 Å². The third kappa shape index (κ3) is 2.40. The van der Waals surface area contributed by atoms with Crippen molar-refractivity contribution in [3.8, 4) is 5.75 Å². The highest BCUT2D eigenvalue weighted by molar-refractivity contribution is 5.83. The molecule has 2 aliphatic rings. The Bertz CT molecular complexity index is 515. The molecule has 1 aromatic carbocycles. The third-order valence-electron chi connectivity index (χ3n) is 4.50. The molecule has 1 N–H and O–H groups in total. The summed E-state index contributed by atoms with van der Waals surface area (Å²) in [7, 11) is 3.57. The van der Waals surface area contributed by atoms with Crippen LogP contribution >= 0.6 is 0 Å². The molecule has 0 aromatic heterocycles. The van der Waals surface area contributed by atoms with Crippen LogP contribution in [0.25, 0.3) is 0 Å². The van der Waals surface area contributed by atoms with Gasteiger partial charge in [-0.25, -0.2) is 0 Å². The van der Waals surface area contributed by atoms with Crippen LogP contribution in [0.3, 0.4) is 0 Å². The molecule has 1 aliphatic carbocycles. The molecule has 3 rings (SSSR count). The van der Waals surface area contributed by atoms with Gasteiger partial charge in [-0.05, 0) is 48.9 Å². The van der Waals surface area contributed by atoms with Crippen molar-refractivity contribution < 1.29 is 9.53 Å². The number of rotatable bonds is 3. The molecule has 0 bridgehead atoms. The second-order valence-electron chi connectivity index (χ2n) is 5.78. The first-order valence-electron chi connectivity index (χ1n) is 7.37. The van der Waals surface area contributed by atoms with Crippen LogP contribution < -0.4 is 10.1 Å². The zero-order valence-corrected chi connectivity index (χ0v) is 12.2. The monoisotopic (exact) mass is 274 g/mol. The van der Waals surface area contributed by atoms with Crippen molar-refractivity contribution in [1.29, 1.82) is 0 Å². The lowest BCUT2D eigenvalue weighted by Gasteiger charge is -2.29. The number of benzene rings is 1. The van der Waals surface area contributed by atoms with Crippen LogP contribution in [0.2, 0.25) is 0 Å². The van der Waals surface area contributed by atoms with Crippen LogP contribution in [0.5, 0.6) is 5.75 Å². The first-order chi connectivity index (χ1) is 9.69. The van der Waals surface area contributed by atoms with Crippen molar-refractivity contribution in [3.63, 3.8) is 0 Å². The Balaban J connectivity index is 1.81.